The Labute approximate surface area is 136 Å². The normalized spacial score (nSPS) is 26.0. The van der Waals surface area contributed by atoms with Gasteiger partial charge in [0.2, 0.25) is 5.91 Å². The van der Waals surface area contributed by atoms with Gasteiger partial charge < -0.3 is 14.4 Å². The lowest BCUT2D eigenvalue weighted by Gasteiger charge is -2.22. The van der Waals surface area contributed by atoms with Crippen LogP contribution in [0.5, 0.6) is 5.75 Å². The second kappa shape index (κ2) is 6.58. The molecule has 0 aliphatic carbocycles. The first-order valence-corrected chi connectivity index (χ1v) is 7.90. The summed E-state index contributed by atoms with van der Waals surface area (Å²) in [5.41, 5.74) is 1.07. The number of rotatable bonds is 5. The Morgan fingerprint density at radius 3 is 2.74 bits per heavy atom. The van der Waals surface area contributed by atoms with Crippen molar-refractivity contribution in [2.24, 2.45) is 0 Å². The Balaban J connectivity index is 1.62. The molecule has 6 heteroatoms. The molecule has 0 bridgehead atoms. The average molecular weight is 318 g/mol. The summed E-state index contributed by atoms with van der Waals surface area (Å²) in [6.07, 6.45) is 1.54. The number of ether oxygens (including phenoxy) is 2. The topological polar surface area (TPSA) is 58.8 Å². The molecule has 0 N–H and O–H groups in total. The summed E-state index contributed by atoms with van der Waals surface area (Å²) in [6, 6.07) is 7.27. The number of amides is 1. The zero-order valence-corrected chi connectivity index (χ0v) is 13.5. The van der Waals surface area contributed by atoms with Gasteiger partial charge in [-0.15, -0.1) is 0 Å². The Morgan fingerprint density at radius 2 is 2.00 bits per heavy atom. The van der Waals surface area contributed by atoms with Crippen LogP contribution in [0, 0.1) is 0 Å². The van der Waals surface area contributed by atoms with Gasteiger partial charge in [0.05, 0.1) is 14.2 Å². The fourth-order valence-electron chi connectivity index (χ4n) is 3.24. The van der Waals surface area contributed by atoms with Crippen LogP contribution >= 0.6 is 0 Å². The summed E-state index contributed by atoms with van der Waals surface area (Å²) in [5.74, 6) is 0.555. The predicted octanol–water partition coefficient (Wildman–Crippen LogP) is 1.04. The van der Waals surface area contributed by atoms with E-state index < -0.39 is 6.04 Å². The van der Waals surface area contributed by atoms with Gasteiger partial charge in [-0.3, -0.25) is 9.69 Å². The van der Waals surface area contributed by atoms with E-state index in [2.05, 4.69) is 4.90 Å². The molecule has 1 aromatic rings. The van der Waals surface area contributed by atoms with Gasteiger partial charge in [0.1, 0.15) is 17.8 Å². The number of hydrogen-bond donors (Lipinski definition) is 0. The number of carbonyl (C=O) groups excluding carboxylic acids is 2. The van der Waals surface area contributed by atoms with E-state index in [1.807, 2.05) is 24.3 Å². The largest absolute Gasteiger partial charge is 0.496 e. The quantitative estimate of drug-likeness (QED) is 0.600. The molecule has 0 spiro atoms. The lowest BCUT2D eigenvalue weighted by atomic mass is 10.2. The highest BCUT2D eigenvalue weighted by Gasteiger charge is 2.46. The van der Waals surface area contributed by atoms with Crippen LogP contribution in [0.2, 0.25) is 0 Å². The predicted molar refractivity (Wildman–Crippen MR) is 83.9 cm³/mol. The van der Waals surface area contributed by atoms with E-state index in [1.165, 1.54) is 7.11 Å². The Bertz CT molecular complexity index is 604. The highest BCUT2D eigenvalue weighted by Crippen LogP contribution is 2.29. The molecular weight excluding hydrogens is 296 g/mol. The van der Waals surface area contributed by atoms with Crippen molar-refractivity contribution < 1.29 is 19.1 Å². The molecule has 3 unspecified atom stereocenters. The van der Waals surface area contributed by atoms with Crippen LogP contribution in [0.25, 0.3) is 0 Å². The van der Waals surface area contributed by atoms with Crippen LogP contribution < -0.4 is 4.74 Å². The summed E-state index contributed by atoms with van der Waals surface area (Å²) < 4.78 is 10.2. The Hall–Kier alpha value is -2.08. The third kappa shape index (κ3) is 3.17. The van der Waals surface area contributed by atoms with Crippen molar-refractivity contribution in [1.82, 2.24) is 9.80 Å². The van der Waals surface area contributed by atoms with E-state index in [0.29, 0.717) is 19.5 Å². The maximum absolute atomic E-state index is 12.6. The Morgan fingerprint density at radius 1 is 1.22 bits per heavy atom. The van der Waals surface area contributed by atoms with Crippen LogP contribution in [0.15, 0.2) is 24.3 Å². The van der Waals surface area contributed by atoms with Crippen LogP contribution in [-0.2, 0) is 20.9 Å². The molecule has 3 atom stereocenters. The highest BCUT2D eigenvalue weighted by atomic mass is 16.5. The van der Waals surface area contributed by atoms with Crippen LogP contribution in [0.1, 0.15) is 18.4 Å². The summed E-state index contributed by atoms with van der Waals surface area (Å²) in [5, 5.41) is 0. The van der Waals surface area contributed by atoms with Crippen molar-refractivity contribution >= 4 is 11.9 Å². The van der Waals surface area contributed by atoms with Crippen LogP contribution in [0.3, 0.4) is 0 Å². The first-order chi connectivity index (χ1) is 11.2. The third-order valence-corrected chi connectivity index (χ3v) is 4.57. The number of nitrogens with zero attached hydrogens (tertiary/aromatic N) is 2. The molecule has 6 nitrogen and oxygen atoms in total. The summed E-state index contributed by atoms with van der Waals surface area (Å²) in [7, 11) is 3.02. The molecule has 2 saturated heterocycles. The summed E-state index contributed by atoms with van der Waals surface area (Å²) in [6.45, 7) is 2.04. The monoisotopic (exact) mass is 318 g/mol. The zero-order chi connectivity index (χ0) is 16.4. The molecule has 1 aromatic carbocycles. The van der Waals surface area contributed by atoms with Gasteiger partial charge in [0, 0.05) is 25.2 Å². The van der Waals surface area contributed by atoms with E-state index in [1.54, 1.807) is 12.0 Å². The maximum Gasteiger partial charge on any atom is 0.328 e. The molecule has 23 heavy (non-hydrogen) atoms. The van der Waals surface area contributed by atoms with Gasteiger partial charge in [-0.1, -0.05) is 18.2 Å². The maximum atomic E-state index is 12.6. The minimum Gasteiger partial charge on any atom is -0.496 e. The second-order valence-corrected chi connectivity index (χ2v) is 5.97. The molecule has 3 rings (SSSR count). The van der Waals surface area contributed by atoms with Crippen molar-refractivity contribution in [1.29, 1.82) is 0 Å². The standard InChI is InChI=1S/C17H22N2O4/c1-22-15-8-4-3-6-12(15)10-18-11-14(18)16(20)19-9-5-7-13(19)17(21)23-2/h3-4,6,8,13-14H,5,7,9-11H2,1-2H3. The highest BCUT2D eigenvalue weighted by molar-refractivity contribution is 5.90. The lowest BCUT2D eigenvalue weighted by Crippen LogP contribution is -2.43. The minimum absolute atomic E-state index is 0.0350. The number of esters is 1. The van der Waals surface area contributed by atoms with Crippen molar-refractivity contribution in [2.75, 3.05) is 27.3 Å². The molecule has 2 aliphatic rings. The van der Waals surface area contributed by atoms with E-state index in [4.69, 9.17) is 9.47 Å². The molecule has 0 saturated carbocycles. The second-order valence-electron chi connectivity index (χ2n) is 5.97. The molecule has 0 radical (unpaired) electrons. The van der Waals surface area contributed by atoms with Gasteiger partial charge in [0.15, 0.2) is 0 Å². The SMILES string of the molecule is COC(=O)C1CCCN1C(=O)C1CN1Cc1ccccc1OC. The van der Waals surface area contributed by atoms with E-state index in [9.17, 15) is 9.59 Å². The van der Waals surface area contributed by atoms with E-state index >= 15 is 0 Å². The van der Waals surface area contributed by atoms with Gasteiger partial charge in [-0.05, 0) is 18.9 Å². The fourth-order valence-corrected chi connectivity index (χ4v) is 3.24. The van der Waals surface area contributed by atoms with E-state index in [0.717, 1.165) is 24.3 Å². The molecule has 124 valence electrons. The lowest BCUT2D eigenvalue weighted by molar-refractivity contribution is -0.151. The number of hydrogen-bond acceptors (Lipinski definition) is 5. The molecule has 2 aliphatic heterocycles. The first kappa shape index (κ1) is 15.8. The number of likely N-dealkylation sites (tertiary alicyclic amines) is 1. The first-order valence-electron chi connectivity index (χ1n) is 7.90. The molecular formula is C17H22N2O4. The van der Waals surface area contributed by atoms with Crippen molar-refractivity contribution in [3.63, 3.8) is 0 Å². The molecule has 2 heterocycles. The van der Waals surface area contributed by atoms with Crippen molar-refractivity contribution in [3.05, 3.63) is 29.8 Å². The molecule has 2 fully saturated rings. The third-order valence-electron chi connectivity index (χ3n) is 4.57. The summed E-state index contributed by atoms with van der Waals surface area (Å²) >= 11 is 0. The van der Waals surface area contributed by atoms with Crippen molar-refractivity contribution in [2.45, 2.75) is 31.5 Å². The van der Waals surface area contributed by atoms with Crippen molar-refractivity contribution in [3.8, 4) is 5.75 Å². The van der Waals surface area contributed by atoms with Gasteiger partial charge in [-0.2, -0.15) is 0 Å². The van der Waals surface area contributed by atoms with E-state index in [-0.39, 0.29) is 17.9 Å². The van der Waals surface area contributed by atoms with Crippen LogP contribution in [-0.4, -0.2) is 61.1 Å². The average Bonchev–Trinajstić information content (AvgIpc) is 3.17. The van der Waals surface area contributed by atoms with Gasteiger partial charge >= 0.3 is 5.97 Å². The number of methoxy groups -OCH3 is 2. The molecule has 1 amide bonds. The smallest absolute Gasteiger partial charge is 0.328 e. The zero-order valence-electron chi connectivity index (χ0n) is 13.5. The Kier molecular flexibility index (Phi) is 4.52. The number of benzene rings is 1. The van der Waals surface area contributed by atoms with Crippen LogP contribution in [0.4, 0.5) is 0 Å². The fraction of sp³-hybridized carbons (Fsp3) is 0.529. The minimum atomic E-state index is -0.416. The van der Waals surface area contributed by atoms with Gasteiger partial charge in [0.25, 0.3) is 0 Å². The molecule has 0 aromatic heterocycles. The van der Waals surface area contributed by atoms with Gasteiger partial charge in [-0.25, -0.2) is 4.79 Å². The summed E-state index contributed by atoms with van der Waals surface area (Å²) in [4.78, 5) is 28.2. The number of carbonyl (C=O) groups is 2. The number of para-hydroxylation sites is 1.